The molecule has 0 aliphatic rings. The van der Waals surface area contributed by atoms with Crippen molar-refractivity contribution in [1.29, 1.82) is 0 Å². The number of carbonyl (C=O) groups is 2. The Kier molecular flexibility index (Phi) is 5.99. The van der Waals surface area contributed by atoms with Gasteiger partial charge in [-0.05, 0) is 17.7 Å². The summed E-state index contributed by atoms with van der Waals surface area (Å²) in [6, 6.07) is 6.97. The molecule has 0 fully saturated rings. The average molecular weight is 280 g/mol. The molecule has 0 heterocycles. The number of aliphatic carboxylic acids is 1. The Morgan fingerprint density at radius 1 is 1.45 bits per heavy atom. The van der Waals surface area contributed by atoms with Crippen LogP contribution in [-0.2, 0) is 16.1 Å². The number of methoxy groups -OCH3 is 1. The van der Waals surface area contributed by atoms with Crippen molar-refractivity contribution in [2.45, 2.75) is 13.5 Å². The molecule has 0 aliphatic carbocycles. The van der Waals surface area contributed by atoms with Crippen LogP contribution < -0.4 is 5.32 Å². The van der Waals surface area contributed by atoms with Gasteiger partial charge in [0.2, 0.25) is 0 Å². The van der Waals surface area contributed by atoms with Gasteiger partial charge in [-0.15, -0.1) is 0 Å². The number of hydrogen-bond acceptors (Lipinski definition) is 3. The fourth-order valence-corrected chi connectivity index (χ4v) is 1.70. The molecule has 2 N–H and O–H groups in total. The number of amides is 2. The Hall–Kier alpha value is -2.08. The molecule has 20 heavy (non-hydrogen) atoms. The Labute approximate surface area is 118 Å². The summed E-state index contributed by atoms with van der Waals surface area (Å²) in [5.41, 5.74) is 1.60. The molecule has 1 aromatic rings. The van der Waals surface area contributed by atoms with E-state index in [0.29, 0.717) is 12.3 Å². The highest BCUT2D eigenvalue weighted by molar-refractivity contribution is 5.89. The zero-order valence-corrected chi connectivity index (χ0v) is 11.9. The van der Waals surface area contributed by atoms with Crippen LogP contribution in [0, 0.1) is 5.92 Å². The molecule has 1 unspecified atom stereocenters. The summed E-state index contributed by atoms with van der Waals surface area (Å²) in [5.74, 6) is -1.53. The predicted molar refractivity (Wildman–Crippen MR) is 75.6 cm³/mol. The van der Waals surface area contributed by atoms with Crippen molar-refractivity contribution in [3.8, 4) is 0 Å². The van der Waals surface area contributed by atoms with E-state index in [1.165, 1.54) is 4.90 Å². The first kappa shape index (κ1) is 16.0. The first-order chi connectivity index (χ1) is 9.43. The summed E-state index contributed by atoms with van der Waals surface area (Å²) in [7, 11) is 3.17. The van der Waals surface area contributed by atoms with Crippen molar-refractivity contribution in [2.75, 3.05) is 26.0 Å². The number of urea groups is 1. The number of hydrogen-bond donors (Lipinski definition) is 2. The third kappa shape index (κ3) is 4.89. The van der Waals surface area contributed by atoms with Crippen molar-refractivity contribution in [3.05, 3.63) is 29.8 Å². The van der Waals surface area contributed by atoms with Crippen LogP contribution in [0.3, 0.4) is 0 Å². The van der Waals surface area contributed by atoms with E-state index >= 15 is 0 Å². The standard InChI is InChI=1S/C14H20N2O4/c1-10(13(17)18)8-16(2)14(19)15-12-6-4-5-11(7-12)9-20-3/h4-7,10H,8-9H2,1-3H3,(H,15,19)(H,17,18). The number of rotatable bonds is 6. The summed E-state index contributed by atoms with van der Waals surface area (Å²) in [6.45, 7) is 2.18. The average Bonchev–Trinajstić information content (AvgIpc) is 2.39. The molecule has 0 radical (unpaired) electrons. The number of ether oxygens (including phenoxy) is 1. The van der Waals surface area contributed by atoms with Crippen molar-refractivity contribution in [3.63, 3.8) is 0 Å². The van der Waals surface area contributed by atoms with Crippen molar-refractivity contribution in [1.82, 2.24) is 4.90 Å². The van der Waals surface area contributed by atoms with E-state index in [1.807, 2.05) is 18.2 Å². The largest absolute Gasteiger partial charge is 0.481 e. The zero-order chi connectivity index (χ0) is 15.1. The molecule has 1 aromatic carbocycles. The van der Waals surface area contributed by atoms with Gasteiger partial charge >= 0.3 is 12.0 Å². The fourth-order valence-electron chi connectivity index (χ4n) is 1.70. The molecule has 0 aromatic heterocycles. The molecule has 0 saturated carbocycles. The molecule has 0 aliphatic heterocycles. The second-order valence-electron chi connectivity index (χ2n) is 4.68. The van der Waals surface area contributed by atoms with Crippen molar-refractivity contribution >= 4 is 17.7 Å². The van der Waals surface area contributed by atoms with E-state index < -0.39 is 11.9 Å². The van der Waals surface area contributed by atoms with E-state index in [1.54, 1.807) is 27.1 Å². The Morgan fingerprint density at radius 3 is 2.75 bits per heavy atom. The maximum atomic E-state index is 11.9. The smallest absolute Gasteiger partial charge is 0.321 e. The second-order valence-corrected chi connectivity index (χ2v) is 4.68. The topological polar surface area (TPSA) is 78.9 Å². The summed E-state index contributed by atoms with van der Waals surface area (Å²) >= 11 is 0. The molecule has 0 bridgehead atoms. The zero-order valence-electron chi connectivity index (χ0n) is 11.9. The fraction of sp³-hybridized carbons (Fsp3) is 0.429. The molecule has 110 valence electrons. The van der Waals surface area contributed by atoms with Crippen molar-refractivity contribution in [2.24, 2.45) is 5.92 Å². The van der Waals surface area contributed by atoms with Crippen LogP contribution in [0.1, 0.15) is 12.5 Å². The van der Waals surface area contributed by atoms with Gasteiger partial charge < -0.3 is 20.1 Å². The number of nitrogens with one attached hydrogen (secondary N) is 1. The molecule has 1 rings (SSSR count). The van der Waals surface area contributed by atoms with Crippen LogP contribution in [0.4, 0.5) is 10.5 Å². The number of carboxylic acids is 1. The number of anilines is 1. The molecule has 1 atom stereocenters. The first-order valence-corrected chi connectivity index (χ1v) is 6.27. The SMILES string of the molecule is COCc1cccc(NC(=O)N(C)CC(C)C(=O)O)c1. The normalized spacial score (nSPS) is 11.8. The lowest BCUT2D eigenvalue weighted by atomic mass is 10.2. The quantitative estimate of drug-likeness (QED) is 0.835. The molecule has 6 heteroatoms. The van der Waals surface area contributed by atoms with E-state index in [2.05, 4.69) is 5.32 Å². The molecule has 6 nitrogen and oxygen atoms in total. The van der Waals surface area contributed by atoms with Crippen LogP contribution in [0.25, 0.3) is 0 Å². The van der Waals surface area contributed by atoms with Gasteiger partial charge in [0.15, 0.2) is 0 Å². The maximum absolute atomic E-state index is 11.9. The maximum Gasteiger partial charge on any atom is 0.321 e. The lowest BCUT2D eigenvalue weighted by Crippen LogP contribution is -2.36. The predicted octanol–water partition coefficient (Wildman–Crippen LogP) is 2.02. The van der Waals surface area contributed by atoms with Crippen LogP contribution >= 0.6 is 0 Å². The number of benzene rings is 1. The number of carbonyl (C=O) groups excluding carboxylic acids is 1. The number of nitrogens with zero attached hydrogens (tertiary/aromatic N) is 1. The first-order valence-electron chi connectivity index (χ1n) is 6.27. The van der Waals surface area contributed by atoms with Crippen molar-refractivity contribution < 1.29 is 19.4 Å². The van der Waals surface area contributed by atoms with Crippen LogP contribution in [-0.4, -0.2) is 42.7 Å². The summed E-state index contributed by atoms with van der Waals surface area (Å²) in [4.78, 5) is 24.0. The highest BCUT2D eigenvalue weighted by atomic mass is 16.5. The van der Waals surface area contributed by atoms with Gasteiger partial charge in [0.05, 0.1) is 12.5 Å². The molecule has 0 saturated heterocycles. The summed E-state index contributed by atoms with van der Waals surface area (Å²) in [5, 5.41) is 11.5. The van der Waals surface area contributed by atoms with Gasteiger partial charge in [0, 0.05) is 26.4 Å². The van der Waals surface area contributed by atoms with Crippen LogP contribution in [0.15, 0.2) is 24.3 Å². The Morgan fingerprint density at radius 2 is 2.15 bits per heavy atom. The minimum Gasteiger partial charge on any atom is -0.481 e. The third-order valence-corrected chi connectivity index (χ3v) is 2.81. The highest BCUT2D eigenvalue weighted by Gasteiger charge is 2.17. The minimum atomic E-state index is -0.924. The lowest BCUT2D eigenvalue weighted by molar-refractivity contribution is -0.141. The van der Waals surface area contributed by atoms with E-state index in [0.717, 1.165) is 5.56 Å². The summed E-state index contributed by atoms with van der Waals surface area (Å²) < 4.78 is 5.03. The van der Waals surface area contributed by atoms with E-state index in [9.17, 15) is 9.59 Å². The van der Waals surface area contributed by atoms with Gasteiger partial charge in [-0.2, -0.15) is 0 Å². The second kappa shape index (κ2) is 7.49. The van der Waals surface area contributed by atoms with E-state index in [4.69, 9.17) is 9.84 Å². The summed E-state index contributed by atoms with van der Waals surface area (Å²) in [6.07, 6.45) is 0. The van der Waals surface area contributed by atoms with Gasteiger partial charge in [-0.1, -0.05) is 19.1 Å². The third-order valence-electron chi connectivity index (χ3n) is 2.81. The monoisotopic (exact) mass is 280 g/mol. The Bertz CT molecular complexity index is 476. The van der Waals surface area contributed by atoms with Crippen LogP contribution in [0.2, 0.25) is 0 Å². The minimum absolute atomic E-state index is 0.152. The molecule has 0 spiro atoms. The van der Waals surface area contributed by atoms with Gasteiger partial charge in [-0.25, -0.2) is 4.79 Å². The molecular formula is C14H20N2O4. The molecular weight excluding hydrogens is 260 g/mol. The molecule has 2 amide bonds. The lowest BCUT2D eigenvalue weighted by Gasteiger charge is -2.20. The van der Waals surface area contributed by atoms with Crippen LogP contribution in [0.5, 0.6) is 0 Å². The number of carboxylic acid groups (broad SMARTS) is 1. The van der Waals surface area contributed by atoms with Gasteiger partial charge in [-0.3, -0.25) is 4.79 Å². The van der Waals surface area contributed by atoms with E-state index in [-0.39, 0.29) is 12.6 Å². The Balaban J connectivity index is 2.61. The highest BCUT2D eigenvalue weighted by Crippen LogP contribution is 2.12. The van der Waals surface area contributed by atoms with Gasteiger partial charge in [0.1, 0.15) is 0 Å². The van der Waals surface area contributed by atoms with Gasteiger partial charge in [0.25, 0.3) is 0 Å².